The topological polar surface area (TPSA) is 21.6 Å². The third-order valence-corrected chi connectivity index (χ3v) is 4.12. The maximum atomic E-state index is 5.81. The smallest absolute Gasteiger partial charge is 0.171 e. The van der Waals surface area contributed by atoms with Gasteiger partial charge in [0, 0.05) is 0 Å². The van der Waals surface area contributed by atoms with E-state index >= 15 is 0 Å². The molecule has 0 aliphatic carbocycles. The van der Waals surface area contributed by atoms with Crippen LogP contribution >= 0.6 is 0 Å². The van der Waals surface area contributed by atoms with Gasteiger partial charge in [0.15, 0.2) is 6.10 Å². The predicted molar refractivity (Wildman–Crippen MR) is 109 cm³/mol. The summed E-state index contributed by atoms with van der Waals surface area (Å²) in [6.45, 7) is 4.15. The van der Waals surface area contributed by atoms with Crippen LogP contribution in [0.15, 0.2) is 90.1 Å². The van der Waals surface area contributed by atoms with E-state index in [0.29, 0.717) is 0 Å². The summed E-state index contributed by atoms with van der Waals surface area (Å²) in [5.74, 6) is 0. The summed E-state index contributed by atoms with van der Waals surface area (Å²) in [5, 5.41) is 4.21. The number of hydrogen-bond donors (Lipinski definition) is 0. The van der Waals surface area contributed by atoms with Crippen molar-refractivity contribution in [2.75, 3.05) is 0 Å². The summed E-state index contributed by atoms with van der Waals surface area (Å²) in [6, 6.07) is 26.7. The molecule has 0 bridgehead atoms. The molecular weight excluding hydrogens is 318 g/mol. The highest BCUT2D eigenvalue weighted by atomic mass is 16.6. The zero-order valence-corrected chi connectivity index (χ0v) is 15.2. The van der Waals surface area contributed by atoms with Crippen molar-refractivity contribution >= 4 is 12.3 Å². The quantitative estimate of drug-likeness (QED) is 0.391. The fourth-order valence-electron chi connectivity index (χ4n) is 2.54. The number of benzene rings is 3. The Labute approximate surface area is 155 Å². The molecule has 0 heterocycles. The van der Waals surface area contributed by atoms with E-state index in [9.17, 15) is 0 Å². The van der Waals surface area contributed by atoms with E-state index in [1.165, 1.54) is 11.1 Å². The molecule has 3 aromatic rings. The van der Waals surface area contributed by atoms with Crippen LogP contribution in [0.25, 0.3) is 6.08 Å². The number of rotatable bonds is 6. The summed E-state index contributed by atoms with van der Waals surface area (Å²) >= 11 is 0. The van der Waals surface area contributed by atoms with Crippen molar-refractivity contribution in [3.63, 3.8) is 0 Å². The molecule has 0 amide bonds. The van der Waals surface area contributed by atoms with E-state index in [1.54, 1.807) is 6.21 Å². The van der Waals surface area contributed by atoms with Gasteiger partial charge in [0.05, 0.1) is 6.21 Å². The molecule has 0 saturated carbocycles. The third kappa shape index (κ3) is 5.18. The van der Waals surface area contributed by atoms with Gasteiger partial charge in [0.25, 0.3) is 0 Å². The van der Waals surface area contributed by atoms with Gasteiger partial charge in [-0.2, -0.15) is 0 Å². The van der Waals surface area contributed by atoms with Crippen molar-refractivity contribution in [2.45, 2.75) is 20.0 Å². The highest BCUT2D eigenvalue weighted by Crippen LogP contribution is 2.21. The van der Waals surface area contributed by atoms with Gasteiger partial charge in [-0.1, -0.05) is 101 Å². The average Bonchev–Trinajstić information content (AvgIpc) is 2.67. The monoisotopic (exact) mass is 341 g/mol. The molecule has 3 rings (SSSR count). The Morgan fingerprint density at radius 2 is 1.35 bits per heavy atom. The maximum Gasteiger partial charge on any atom is 0.171 e. The Morgan fingerprint density at radius 1 is 0.731 bits per heavy atom. The minimum Gasteiger partial charge on any atom is -0.383 e. The van der Waals surface area contributed by atoms with E-state index in [4.69, 9.17) is 4.84 Å². The van der Waals surface area contributed by atoms with Crippen molar-refractivity contribution in [3.05, 3.63) is 113 Å². The first-order valence-corrected chi connectivity index (χ1v) is 8.76. The highest BCUT2D eigenvalue weighted by Gasteiger charge is 2.08. The van der Waals surface area contributed by atoms with Gasteiger partial charge >= 0.3 is 0 Å². The van der Waals surface area contributed by atoms with Gasteiger partial charge in [-0.05, 0) is 36.6 Å². The average molecular weight is 341 g/mol. The second-order valence-electron chi connectivity index (χ2n) is 6.35. The van der Waals surface area contributed by atoms with E-state index in [-0.39, 0.29) is 6.10 Å². The first-order valence-electron chi connectivity index (χ1n) is 8.76. The molecule has 0 aliphatic heterocycles. The van der Waals surface area contributed by atoms with Crippen LogP contribution in [-0.4, -0.2) is 6.21 Å². The highest BCUT2D eigenvalue weighted by molar-refractivity contribution is 5.79. The largest absolute Gasteiger partial charge is 0.383 e. The van der Waals surface area contributed by atoms with Gasteiger partial charge in [-0.3, -0.25) is 0 Å². The molecule has 0 fully saturated rings. The molecule has 130 valence electrons. The fraction of sp³-hybridized carbons (Fsp3) is 0.125. The summed E-state index contributed by atoms with van der Waals surface area (Å²) in [6.07, 6.45) is 5.60. The Bertz CT molecular complexity index is 862. The number of hydrogen-bond acceptors (Lipinski definition) is 2. The van der Waals surface area contributed by atoms with E-state index in [0.717, 1.165) is 16.7 Å². The van der Waals surface area contributed by atoms with Gasteiger partial charge in [-0.15, -0.1) is 0 Å². The summed E-state index contributed by atoms with van der Waals surface area (Å²) in [7, 11) is 0. The van der Waals surface area contributed by atoms with Crippen molar-refractivity contribution in [1.29, 1.82) is 0 Å². The van der Waals surface area contributed by atoms with Crippen molar-refractivity contribution in [2.24, 2.45) is 5.16 Å². The minimum atomic E-state index is -0.238. The summed E-state index contributed by atoms with van der Waals surface area (Å²) in [4.78, 5) is 5.81. The molecule has 1 atom stereocenters. The summed E-state index contributed by atoms with van der Waals surface area (Å²) in [5.41, 5.74) is 5.68. The standard InChI is InChI=1S/C24H23NO/c1-19-8-12-22(13-9-19)18-25-26-24(23-15-10-20(2)11-16-23)17-14-21-6-4-3-5-7-21/h3-18,24H,1-2H3/b17-14+,25-18+. The molecule has 26 heavy (non-hydrogen) atoms. The van der Waals surface area contributed by atoms with Crippen LogP contribution in [0, 0.1) is 13.8 Å². The molecule has 0 saturated heterocycles. The fourth-order valence-corrected chi connectivity index (χ4v) is 2.54. The number of nitrogens with zero attached hydrogens (tertiary/aromatic N) is 1. The zero-order valence-electron chi connectivity index (χ0n) is 15.2. The molecule has 0 aromatic heterocycles. The second kappa shape index (κ2) is 8.82. The molecule has 2 nitrogen and oxygen atoms in total. The molecule has 2 heteroatoms. The Balaban J connectivity index is 1.77. The number of aryl methyl sites for hydroxylation is 2. The molecule has 0 radical (unpaired) electrons. The Hall–Kier alpha value is -3.13. The Morgan fingerprint density at radius 3 is 2.00 bits per heavy atom. The van der Waals surface area contributed by atoms with Crippen molar-refractivity contribution in [1.82, 2.24) is 0 Å². The second-order valence-corrected chi connectivity index (χ2v) is 6.35. The van der Waals surface area contributed by atoms with E-state index in [1.807, 2.05) is 36.4 Å². The maximum absolute atomic E-state index is 5.81. The lowest BCUT2D eigenvalue weighted by atomic mass is 10.1. The van der Waals surface area contributed by atoms with E-state index < -0.39 is 0 Å². The lowest BCUT2D eigenvalue weighted by molar-refractivity contribution is 0.0948. The van der Waals surface area contributed by atoms with E-state index in [2.05, 4.69) is 73.6 Å². The van der Waals surface area contributed by atoms with Crippen LogP contribution < -0.4 is 0 Å². The molecular formula is C24H23NO. The molecule has 0 aliphatic rings. The van der Waals surface area contributed by atoms with Gasteiger partial charge in [0.1, 0.15) is 0 Å². The molecule has 0 N–H and O–H groups in total. The van der Waals surface area contributed by atoms with Crippen LogP contribution in [0.3, 0.4) is 0 Å². The van der Waals surface area contributed by atoms with Crippen molar-refractivity contribution in [3.8, 4) is 0 Å². The SMILES string of the molecule is Cc1ccc(/C=N/OC(/C=C/c2ccccc2)c2ccc(C)cc2)cc1. The normalized spacial score (nSPS) is 12.5. The van der Waals surface area contributed by atoms with Gasteiger partial charge in [-0.25, -0.2) is 0 Å². The zero-order chi connectivity index (χ0) is 18.2. The predicted octanol–water partition coefficient (Wildman–Crippen LogP) is 6.11. The minimum absolute atomic E-state index is 0.238. The Kier molecular flexibility index (Phi) is 6.00. The molecule has 3 aromatic carbocycles. The first kappa shape index (κ1) is 17.7. The van der Waals surface area contributed by atoms with Crippen LogP contribution in [0.5, 0.6) is 0 Å². The van der Waals surface area contributed by atoms with Crippen LogP contribution in [0.2, 0.25) is 0 Å². The lowest BCUT2D eigenvalue weighted by Crippen LogP contribution is -1.98. The summed E-state index contributed by atoms with van der Waals surface area (Å²) < 4.78 is 0. The first-order chi connectivity index (χ1) is 12.7. The van der Waals surface area contributed by atoms with Crippen LogP contribution in [0.4, 0.5) is 0 Å². The van der Waals surface area contributed by atoms with Gasteiger partial charge in [0.2, 0.25) is 0 Å². The van der Waals surface area contributed by atoms with Crippen molar-refractivity contribution < 1.29 is 4.84 Å². The van der Waals surface area contributed by atoms with Gasteiger partial charge < -0.3 is 4.84 Å². The third-order valence-electron chi connectivity index (χ3n) is 4.12. The molecule has 1 unspecified atom stereocenters. The van der Waals surface area contributed by atoms with Crippen LogP contribution in [-0.2, 0) is 4.84 Å². The lowest BCUT2D eigenvalue weighted by Gasteiger charge is -2.12. The van der Waals surface area contributed by atoms with Crippen LogP contribution in [0.1, 0.15) is 33.9 Å². The molecule has 0 spiro atoms. The number of oxime groups is 1.